The van der Waals surface area contributed by atoms with E-state index in [2.05, 4.69) is 15.5 Å². The highest BCUT2D eigenvalue weighted by Gasteiger charge is 2.11. The van der Waals surface area contributed by atoms with E-state index >= 15 is 0 Å². The first-order chi connectivity index (χ1) is 11.6. The summed E-state index contributed by atoms with van der Waals surface area (Å²) in [5.41, 5.74) is 1.16. The van der Waals surface area contributed by atoms with E-state index in [0.717, 1.165) is 5.69 Å². The molecule has 0 spiro atoms. The first-order valence-electron chi connectivity index (χ1n) is 6.88. The molecule has 0 aliphatic carbocycles. The number of benzene rings is 2. The van der Waals surface area contributed by atoms with Crippen LogP contribution in [0.2, 0.25) is 5.02 Å². The largest absolute Gasteiger partial charge is 0.330 e. The van der Waals surface area contributed by atoms with Gasteiger partial charge in [-0.25, -0.2) is 4.39 Å². The molecule has 24 heavy (non-hydrogen) atoms. The highest BCUT2D eigenvalue weighted by molar-refractivity contribution is 8.01. The Kier molecular flexibility index (Phi) is 5.44. The Morgan fingerprint density at radius 2 is 2.04 bits per heavy atom. The van der Waals surface area contributed by atoms with Crippen molar-refractivity contribution in [2.24, 2.45) is 0 Å². The standard InChI is InChI=1S/C16H11ClFN3OS2/c17-11-4-2-6-13(8-11)19-15-20-21-16(24-15)23-9-14(22)10-3-1-5-12(18)7-10/h1-8H,9H2,(H,19,20). The highest BCUT2D eigenvalue weighted by atomic mass is 35.5. The second kappa shape index (κ2) is 7.74. The molecule has 0 atom stereocenters. The van der Waals surface area contributed by atoms with Gasteiger partial charge in [0, 0.05) is 16.3 Å². The van der Waals surface area contributed by atoms with Crippen molar-refractivity contribution in [2.45, 2.75) is 4.34 Å². The Morgan fingerprint density at radius 3 is 2.83 bits per heavy atom. The van der Waals surface area contributed by atoms with Crippen LogP contribution in [-0.2, 0) is 0 Å². The van der Waals surface area contributed by atoms with Crippen LogP contribution in [0.25, 0.3) is 0 Å². The summed E-state index contributed by atoms with van der Waals surface area (Å²) in [6, 6.07) is 12.9. The van der Waals surface area contributed by atoms with Crippen molar-refractivity contribution in [2.75, 3.05) is 11.1 Å². The lowest BCUT2D eigenvalue weighted by atomic mass is 10.1. The second-order valence-corrected chi connectivity index (χ2v) is 7.37. The number of nitrogens with one attached hydrogen (secondary N) is 1. The fourth-order valence-electron chi connectivity index (χ4n) is 1.88. The summed E-state index contributed by atoms with van der Waals surface area (Å²) in [5, 5.41) is 12.4. The summed E-state index contributed by atoms with van der Waals surface area (Å²) >= 11 is 8.53. The van der Waals surface area contributed by atoms with Crippen molar-refractivity contribution in [3.63, 3.8) is 0 Å². The molecule has 0 radical (unpaired) electrons. The maximum absolute atomic E-state index is 13.1. The number of nitrogens with zero attached hydrogens (tertiary/aromatic N) is 2. The van der Waals surface area contributed by atoms with E-state index in [0.29, 0.717) is 20.1 Å². The van der Waals surface area contributed by atoms with Crippen molar-refractivity contribution >= 4 is 51.3 Å². The quantitative estimate of drug-likeness (QED) is 0.479. The zero-order valence-corrected chi connectivity index (χ0v) is 14.6. The van der Waals surface area contributed by atoms with E-state index in [4.69, 9.17) is 11.6 Å². The lowest BCUT2D eigenvalue weighted by molar-refractivity contribution is 0.102. The lowest BCUT2D eigenvalue weighted by Gasteiger charge is -2.01. The van der Waals surface area contributed by atoms with Gasteiger partial charge < -0.3 is 5.32 Å². The van der Waals surface area contributed by atoms with Crippen molar-refractivity contribution in [3.8, 4) is 0 Å². The van der Waals surface area contributed by atoms with E-state index in [-0.39, 0.29) is 11.5 Å². The van der Waals surface area contributed by atoms with Crippen LogP contribution in [0.4, 0.5) is 15.2 Å². The predicted octanol–water partition coefficient (Wildman–Crippen LogP) is 5.05. The number of rotatable bonds is 6. The molecule has 2 aromatic carbocycles. The van der Waals surface area contributed by atoms with Gasteiger partial charge in [0.05, 0.1) is 5.75 Å². The zero-order chi connectivity index (χ0) is 16.9. The van der Waals surface area contributed by atoms with E-state index in [1.54, 1.807) is 18.2 Å². The van der Waals surface area contributed by atoms with Gasteiger partial charge in [0.2, 0.25) is 5.13 Å². The molecule has 0 unspecified atom stereocenters. The summed E-state index contributed by atoms with van der Waals surface area (Å²) in [6.07, 6.45) is 0. The summed E-state index contributed by atoms with van der Waals surface area (Å²) in [4.78, 5) is 12.0. The summed E-state index contributed by atoms with van der Waals surface area (Å²) in [7, 11) is 0. The molecule has 4 nitrogen and oxygen atoms in total. The molecular weight excluding hydrogens is 369 g/mol. The molecule has 0 fully saturated rings. The van der Waals surface area contributed by atoms with Crippen LogP contribution in [0.5, 0.6) is 0 Å². The maximum atomic E-state index is 13.1. The van der Waals surface area contributed by atoms with E-state index in [9.17, 15) is 9.18 Å². The van der Waals surface area contributed by atoms with Gasteiger partial charge >= 0.3 is 0 Å². The van der Waals surface area contributed by atoms with Gasteiger partial charge in [-0.05, 0) is 30.3 Å². The Morgan fingerprint density at radius 1 is 1.21 bits per heavy atom. The van der Waals surface area contributed by atoms with Crippen LogP contribution in [-0.4, -0.2) is 21.7 Å². The number of halogens is 2. The number of aromatic nitrogens is 2. The molecule has 0 amide bonds. The molecule has 8 heteroatoms. The number of thioether (sulfide) groups is 1. The molecule has 1 aromatic heterocycles. The van der Waals surface area contributed by atoms with Gasteiger partial charge in [0.15, 0.2) is 10.1 Å². The van der Waals surface area contributed by atoms with Crippen LogP contribution < -0.4 is 5.32 Å². The van der Waals surface area contributed by atoms with Crippen LogP contribution in [0.15, 0.2) is 52.9 Å². The zero-order valence-electron chi connectivity index (χ0n) is 12.2. The number of ketones is 1. The highest BCUT2D eigenvalue weighted by Crippen LogP contribution is 2.28. The molecule has 3 rings (SSSR count). The molecular formula is C16H11ClFN3OS2. The van der Waals surface area contributed by atoms with Crippen LogP contribution >= 0.6 is 34.7 Å². The maximum Gasteiger partial charge on any atom is 0.210 e. The summed E-state index contributed by atoms with van der Waals surface area (Å²) < 4.78 is 13.8. The predicted molar refractivity (Wildman–Crippen MR) is 96.1 cm³/mol. The van der Waals surface area contributed by atoms with E-state index in [1.165, 1.54) is 41.3 Å². The van der Waals surface area contributed by atoms with Crippen molar-refractivity contribution in [3.05, 3.63) is 64.9 Å². The topological polar surface area (TPSA) is 54.9 Å². The third kappa shape index (κ3) is 4.53. The molecule has 0 saturated heterocycles. The Hall–Kier alpha value is -1.96. The SMILES string of the molecule is O=C(CSc1nnc(Nc2cccc(Cl)c2)s1)c1cccc(F)c1. The van der Waals surface area contributed by atoms with Gasteiger partial charge in [-0.2, -0.15) is 0 Å². The molecule has 0 aliphatic rings. The Balaban J connectivity index is 1.59. The van der Waals surface area contributed by atoms with Crippen molar-refractivity contribution < 1.29 is 9.18 Å². The Labute approximate surface area is 151 Å². The number of hydrogen-bond acceptors (Lipinski definition) is 6. The first kappa shape index (κ1) is 16.9. The molecule has 0 saturated carbocycles. The number of anilines is 2. The summed E-state index contributed by atoms with van der Waals surface area (Å²) in [6.45, 7) is 0. The van der Waals surface area contributed by atoms with E-state index < -0.39 is 5.82 Å². The van der Waals surface area contributed by atoms with Crippen LogP contribution in [0.3, 0.4) is 0 Å². The number of Topliss-reactive ketones (excluding diaryl/α,β-unsaturated/α-hetero) is 1. The third-order valence-corrected chi connectivity index (χ3v) is 5.16. The third-order valence-electron chi connectivity index (χ3n) is 2.96. The molecule has 1 N–H and O–H groups in total. The summed E-state index contributed by atoms with van der Waals surface area (Å²) in [5.74, 6) is -0.399. The van der Waals surface area contributed by atoms with Crippen molar-refractivity contribution in [1.29, 1.82) is 0 Å². The minimum Gasteiger partial charge on any atom is -0.330 e. The van der Waals surface area contributed by atoms with Crippen LogP contribution in [0, 0.1) is 5.82 Å². The molecule has 0 aliphatic heterocycles. The average molecular weight is 380 g/mol. The smallest absolute Gasteiger partial charge is 0.210 e. The lowest BCUT2D eigenvalue weighted by Crippen LogP contribution is -2.02. The van der Waals surface area contributed by atoms with Gasteiger partial charge in [-0.1, -0.05) is 52.9 Å². The number of hydrogen-bond donors (Lipinski definition) is 1. The Bertz CT molecular complexity index is 872. The van der Waals surface area contributed by atoms with Gasteiger partial charge in [-0.3, -0.25) is 4.79 Å². The average Bonchev–Trinajstić information content (AvgIpc) is 3.00. The minimum atomic E-state index is -0.422. The second-order valence-electron chi connectivity index (χ2n) is 4.73. The molecule has 0 bridgehead atoms. The normalized spacial score (nSPS) is 10.6. The number of carbonyl (C=O) groups is 1. The molecule has 1 heterocycles. The molecule has 3 aromatic rings. The van der Waals surface area contributed by atoms with Gasteiger partial charge in [0.1, 0.15) is 5.82 Å². The monoisotopic (exact) mass is 379 g/mol. The minimum absolute atomic E-state index is 0.154. The van der Waals surface area contributed by atoms with Gasteiger partial charge in [0.25, 0.3) is 0 Å². The first-order valence-corrected chi connectivity index (χ1v) is 9.06. The fourth-order valence-corrected chi connectivity index (χ4v) is 3.74. The fraction of sp³-hybridized carbons (Fsp3) is 0.0625. The van der Waals surface area contributed by atoms with Crippen molar-refractivity contribution in [1.82, 2.24) is 10.2 Å². The van der Waals surface area contributed by atoms with Crippen LogP contribution in [0.1, 0.15) is 10.4 Å². The van der Waals surface area contributed by atoms with E-state index in [1.807, 2.05) is 12.1 Å². The molecule has 122 valence electrons. The number of carbonyl (C=O) groups excluding carboxylic acids is 1. The van der Waals surface area contributed by atoms with Gasteiger partial charge in [-0.15, -0.1) is 10.2 Å².